The number of nitrogens with one attached hydrogen (secondary N) is 2. The van der Waals surface area contributed by atoms with E-state index in [0.717, 1.165) is 38.8 Å². The first kappa shape index (κ1) is 15.0. The van der Waals surface area contributed by atoms with Crippen molar-refractivity contribution >= 4 is 10.0 Å². The van der Waals surface area contributed by atoms with Gasteiger partial charge in [-0.05, 0) is 26.7 Å². The van der Waals surface area contributed by atoms with E-state index in [2.05, 4.69) is 15.5 Å². The van der Waals surface area contributed by atoms with Crippen LogP contribution in [0.2, 0.25) is 0 Å². The molecule has 1 aliphatic heterocycles. The average molecular weight is 312 g/mol. The third-order valence-electron chi connectivity index (χ3n) is 4.87. The number of aromatic nitrogens is 2. The summed E-state index contributed by atoms with van der Waals surface area (Å²) in [5.41, 5.74) is 0.958. The molecule has 21 heavy (non-hydrogen) atoms. The Morgan fingerprint density at radius 2 is 1.90 bits per heavy atom. The van der Waals surface area contributed by atoms with Gasteiger partial charge in [-0.25, -0.2) is 8.42 Å². The molecule has 0 radical (unpaired) electrons. The Morgan fingerprint density at radius 1 is 1.19 bits per heavy atom. The fourth-order valence-electron chi connectivity index (χ4n) is 3.87. The van der Waals surface area contributed by atoms with Crippen LogP contribution in [0.5, 0.6) is 0 Å². The summed E-state index contributed by atoms with van der Waals surface area (Å²) in [5, 5.41) is 10.3. The van der Waals surface area contributed by atoms with Crippen molar-refractivity contribution in [1.82, 2.24) is 19.8 Å². The predicted octanol–water partition coefficient (Wildman–Crippen LogP) is 1.32. The van der Waals surface area contributed by atoms with Crippen molar-refractivity contribution in [3.05, 3.63) is 11.4 Å². The molecule has 0 aromatic carbocycles. The number of H-pyrrole nitrogens is 1. The standard InChI is InChI=1S/C14H24N4O2S/c1-11-13(12(2)17-16-11)21(19,20)18-9-8-15-10-14(18)6-4-3-5-7-14/h15H,3-10H2,1-2H3,(H,16,17). The summed E-state index contributed by atoms with van der Waals surface area (Å²) in [6.45, 7) is 5.57. The lowest BCUT2D eigenvalue weighted by molar-refractivity contribution is 0.101. The molecule has 1 aliphatic carbocycles. The molecular weight excluding hydrogens is 288 g/mol. The van der Waals surface area contributed by atoms with Crippen LogP contribution in [0.1, 0.15) is 43.5 Å². The summed E-state index contributed by atoms with van der Waals surface area (Å²) in [4.78, 5) is 0.370. The lowest BCUT2D eigenvalue weighted by Crippen LogP contribution is -2.63. The zero-order chi connectivity index (χ0) is 15.1. The van der Waals surface area contributed by atoms with E-state index in [1.54, 1.807) is 18.2 Å². The molecule has 0 unspecified atom stereocenters. The number of aryl methyl sites for hydroxylation is 2. The van der Waals surface area contributed by atoms with E-state index in [1.807, 2.05) is 0 Å². The highest BCUT2D eigenvalue weighted by atomic mass is 32.2. The first-order chi connectivity index (χ1) is 9.97. The molecule has 0 atom stereocenters. The topological polar surface area (TPSA) is 78.1 Å². The molecule has 0 bridgehead atoms. The maximum atomic E-state index is 13.2. The summed E-state index contributed by atoms with van der Waals surface area (Å²) >= 11 is 0. The minimum atomic E-state index is -3.49. The van der Waals surface area contributed by atoms with Crippen molar-refractivity contribution in [1.29, 1.82) is 0 Å². The van der Waals surface area contributed by atoms with Crippen LogP contribution < -0.4 is 5.32 Å². The number of sulfonamides is 1. The van der Waals surface area contributed by atoms with E-state index in [9.17, 15) is 8.42 Å². The molecule has 2 heterocycles. The largest absolute Gasteiger partial charge is 0.314 e. The highest BCUT2D eigenvalue weighted by Gasteiger charge is 2.47. The monoisotopic (exact) mass is 312 g/mol. The summed E-state index contributed by atoms with van der Waals surface area (Å²) in [7, 11) is -3.49. The Bertz CT molecular complexity index is 589. The lowest BCUT2D eigenvalue weighted by Gasteiger charge is -2.48. The number of hydrogen-bond donors (Lipinski definition) is 2. The smallest absolute Gasteiger partial charge is 0.247 e. The second-order valence-corrected chi connectivity index (χ2v) is 8.10. The molecule has 1 saturated heterocycles. The van der Waals surface area contributed by atoms with Gasteiger partial charge in [0.25, 0.3) is 0 Å². The van der Waals surface area contributed by atoms with Gasteiger partial charge in [0.1, 0.15) is 4.90 Å². The molecule has 2 N–H and O–H groups in total. The van der Waals surface area contributed by atoms with Crippen LogP contribution in [-0.2, 0) is 10.0 Å². The molecule has 7 heteroatoms. The van der Waals surface area contributed by atoms with Gasteiger partial charge in [0.2, 0.25) is 10.0 Å². The maximum Gasteiger partial charge on any atom is 0.247 e. The maximum absolute atomic E-state index is 13.2. The van der Waals surface area contributed by atoms with Crippen LogP contribution in [0.4, 0.5) is 0 Å². The van der Waals surface area contributed by atoms with E-state index in [-0.39, 0.29) is 5.54 Å². The molecule has 2 aliphatic rings. The van der Waals surface area contributed by atoms with Gasteiger partial charge in [-0.1, -0.05) is 19.3 Å². The Kier molecular flexibility index (Phi) is 3.83. The fourth-order valence-corrected chi connectivity index (χ4v) is 6.03. The summed E-state index contributed by atoms with van der Waals surface area (Å²) in [6, 6.07) is 0. The van der Waals surface area contributed by atoms with Gasteiger partial charge in [-0.3, -0.25) is 5.10 Å². The molecule has 1 saturated carbocycles. The second-order valence-electron chi connectivity index (χ2n) is 6.30. The first-order valence-corrected chi connectivity index (χ1v) is 9.16. The van der Waals surface area contributed by atoms with Crippen LogP contribution in [-0.4, -0.2) is 48.1 Å². The minimum absolute atomic E-state index is 0.245. The zero-order valence-corrected chi connectivity index (χ0v) is 13.6. The number of rotatable bonds is 2. The molecule has 1 spiro atoms. The van der Waals surface area contributed by atoms with Crippen LogP contribution in [0, 0.1) is 13.8 Å². The van der Waals surface area contributed by atoms with Crippen molar-refractivity contribution in [2.75, 3.05) is 19.6 Å². The van der Waals surface area contributed by atoms with Crippen molar-refractivity contribution in [3.8, 4) is 0 Å². The summed E-state index contributed by atoms with van der Waals surface area (Å²) < 4.78 is 28.2. The lowest BCUT2D eigenvalue weighted by atomic mass is 9.80. The minimum Gasteiger partial charge on any atom is -0.314 e. The summed E-state index contributed by atoms with van der Waals surface area (Å²) in [5.74, 6) is 0. The second kappa shape index (κ2) is 5.37. The van der Waals surface area contributed by atoms with Gasteiger partial charge in [0.15, 0.2) is 0 Å². The summed E-state index contributed by atoms with van der Waals surface area (Å²) in [6.07, 6.45) is 5.33. The molecule has 1 aromatic rings. The number of nitrogens with zero attached hydrogens (tertiary/aromatic N) is 2. The first-order valence-electron chi connectivity index (χ1n) is 7.72. The van der Waals surface area contributed by atoms with Crippen LogP contribution in [0.15, 0.2) is 4.90 Å². The van der Waals surface area contributed by atoms with E-state index >= 15 is 0 Å². The Hall–Kier alpha value is -0.920. The van der Waals surface area contributed by atoms with Gasteiger partial charge in [-0.2, -0.15) is 9.40 Å². The van der Waals surface area contributed by atoms with Crippen molar-refractivity contribution in [2.45, 2.75) is 56.4 Å². The van der Waals surface area contributed by atoms with Crippen molar-refractivity contribution in [3.63, 3.8) is 0 Å². The third kappa shape index (κ3) is 2.41. The van der Waals surface area contributed by atoms with Gasteiger partial charge in [0.05, 0.1) is 11.4 Å². The van der Waals surface area contributed by atoms with Gasteiger partial charge in [0, 0.05) is 25.2 Å². The van der Waals surface area contributed by atoms with Gasteiger partial charge < -0.3 is 5.32 Å². The Balaban J connectivity index is 2.03. The molecule has 6 nitrogen and oxygen atoms in total. The molecule has 3 rings (SSSR count). The van der Waals surface area contributed by atoms with Gasteiger partial charge >= 0.3 is 0 Å². The Labute approximate surface area is 126 Å². The number of aromatic amines is 1. The van der Waals surface area contributed by atoms with Crippen molar-refractivity contribution in [2.24, 2.45) is 0 Å². The van der Waals surface area contributed by atoms with E-state index in [0.29, 0.717) is 22.8 Å². The third-order valence-corrected chi connectivity index (χ3v) is 7.14. The molecule has 1 aromatic heterocycles. The number of hydrogen-bond acceptors (Lipinski definition) is 4. The highest BCUT2D eigenvalue weighted by Crippen LogP contribution is 2.38. The molecule has 2 fully saturated rings. The van der Waals surface area contributed by atoms with Crippen LogP contribution in [0.25, 0.3) is 0 Å². The van der Waals surface area contributed by atoms with Crippen molar-refractivity contribution < 1.29 is 8.42 Å². The van der Waals surface area contributed by atoms with E-state index in [4.69, 9.17) is 0 Å². The van der Waals surface area contributed by atoms with Gasteiger partial charge in [-0.15, -0.1) is 0 Å². The van der Waals surface area contributed by atoms with Crippen LogP contribution in [0.3, 0.4) is 0 Å². The molecule has 118 valence electrons. The predicted molar refractivity (Wildman–Crippen MR) is 80.6 cm³/mol. The average Bonchev–Trinajstić information content (AvgIpc) is 2.80. The quantitative estimate of drug-likeness (QED) is 0.863. The molecular formula is C14H24N4O2S. The van der Waals surface area contributed by atoms with E-state index < -0.39 is 10.0 Å². The van der Waals surface area contributed by atoms with Crippen LogP contribution >= 0.6 is 0 Å². The fraction of sp³-hybridized carbons (Fsp3) is 0.786. The normalized spacial score (nSPS) is 23.5. The molecule has 0 amide bonds. The Morgan fingerprint density at radius 3 is 2.52 bits per heavy atom. The van der Waals surface area contributed by atoms with E-state index in [1.165, 1.54) is 6.42 Å². The highest BCUT2D eigenvalue weighted by molar-refractivity contribution is 7.89. The number of piperazine rings is 1. The SMILES string of the molecule is Cc1n[nH]c(C)c1S(=O)(=O)N1CCNCC12CCCCC2. The zero-order valence-electron chi connectivity index (χ0n) is 12.8.